The number of carbonyl (C=O) groups excluding carboxylic acids is 1. The van der Waals surface area contributed by atoms with Crippen LogP contribution in [0.5, 0.6) is 11.5 Å². The van der Waals surface area contributed by atoms with E-state index in [-0.39, 0.29) is 17.1 Å². The lowest BCUT2D eigenvalue weighted by molar-refractivity contribution is 0.0708. The van der Waals surface area contributed by atoms with Crippen LogP contribution >= 0.6 is 0 Å². The van der Waals surface area contributed by atoms with Gasteiger partial charge in [0.25, 0.3) is 5.91 Å². The monoisotopic (exact) mass is 478 g/mol. The van der Waals surface area contributed by atoms with Crippen LogP contribution in [0, 0.1) is 0 Å². The van der Waals surface area contributed by atoms with E-state index in [1.807, 2.05) is 38.1 Å². The second-order valence-corrected chi connectivity index (χ2v) is 8.59. The lowest BCUT2D eigenvalue weighted by atomic mass is 9.98. The minimum Gasteiger partial charge on any atom is -0.490 e. The van der Waals surface area contributed by atoms with Gasteiger partial charge < -0.3 is 23.7 Å². The van der Waals surface area contributed by atoms with E-state index in [1.165, 1.54) is 0 Å². The van der Waals surface area contributed by atoms with E-state index >= 15 is 0 Å². The molecule has 1 aliphatic rings. The van der Waals surface area contributed by atoms with Crippen LogP contribution in [0.1, 0.15) is 61.8 Å². The Morgan fingerprint density at radius 3 is 2.46 bits per heavy atom. The highest BCUT2D eigenvalue weighted by Crippen LogP contribution is 2.41. The highest BCUT2D eigenvalue weighted by atomic mass is 16.5. The molecule has 0 N–H and O–H groups in total. The van der Waals surface area contributed by atoms with Gasteiger partial charge in [-0.25, -0.2) is 0 Å². The van der Waals surface area contributed by atoms with E-state index < -0.39 is 6.04 Å². The minimum atomic E-state index is -0.562. The van der Waals surface area contributed by atoms with Gasteiger partial charge in [-0.05, 0) is 56.3 Å². The van der Waals surface area contributed by atoms with Gasteiger partial charge in [0.1, 0.15) is 5.58 Å². The van der Waals surface area contributed by atoms with Crippen molar-refractivity contribution in [1.82, 2.24) is 9.80 Å². The van der Waals surface area contributed by atoms with Crippen molar-refractivity contribution in [3.8, 4) is 11.5 Å². The van der Waals surface area contributed by atoms with Crippen LogP contribution < -0.4 is 14.9 Å². The maximum Gasteiger partial charge on any atom is 0.290 e. The predicted molar refractivity (Wildman–Crippen MR) is 137 cm³/mol. The maximum atomic E-state index is 13.7. The number of likely N-dealkylation sites (N-methyl/N-ethyl adjacent to an activating group) is 1. The molecule has 0 radical (unpaired) electrons. The molecule has 0 bridgehead atoms. The molecule has 1 unspecified atom stereocenters. The van der Waals surface area contributed by atoms with Crippen LogP contribution in [0.25, 0.3) is 11.0 Å². The summed E-state index contributed by atoms with van der Waals surface area (Å²) in [5.74, 6) is 1.13. The Morgan fingerprint density at radius 1 is 0.971 bits per heavy atom. The van der Waals surface area contributed by atoms with E-state index in [2.05, 4.69) is 18.7 Å². The molecule has 2 aromatic carbocycles. The quantitative estimate of drug-likeness (QED) is 0.392. The molecule has 1 aliphatic heterocycles. The molecule has 1 aromatic heterocycles. The molecule has 0 spiro atoms. The molecule has 0 saturated carbocycles. The Hall–Kier alpha value is -3.32. The van der Waals surface area contributed by atoms with Crippen molar-refractivity contribution >= 4 is 16.9 Å². The van der Waals surface area contributed by atoms with Crippen molar-refractivity contribution in [2.75, 3.05) is 39.4 Å². The summed E-state index contributed by atoms with van der Waals surface area (Å²) in [4.78, 5) is 31.3. The van der Waals surface area contributed by atoms with Gasteiger partial charge in [-0.3, -0.25) is 9.59 Å². The van der Waals surface area contributed by atoms with Gasteiger partial charge in [0.2, 0.25) is 5.76 Å². The van der Waals surface area contributed by atoms with Gasteiger partial charge in [0, 0.05) is 13.1 Å². The highest BCUT2D eigenvalue weighted by Gasteiger charge is 2.42. The molecule has 2 heterocycles. The van der Waals surface area contributed by atoms with Crippen LogP contribution in [0.2, 0.25) is 0 Å². The van der Waals surface area contributed by atoms with E-state index in [0.717, 1.165) is 25.1 Å². The van der Waals surface area contributed by atoms with Crippen LogP contribution in [-0.4, -0.2) is 55.1 Å². The second-order valence-electron chi connectivity index (χ2n) is 8.59. The number of amides is 1. The number of carbonyl (C=O) groups is 1. The third-order valence-electron chi connectivity index (χ3n) is 6.47. The molecule has 4 rings (SSSR count). The standard InChI is InChI=1S/C28H34N2O5/c1-5-17-34-22-14-13-19(18-23(22)33-8-4)25-24-26(31)20-11-9-10-12-21(20)35-27(24)28(32)30(25)16-15-29(6-2)7-3/h9-14,18,25H,5-8,15-17H2,1-4H3. The molecule has 7 heteroatoms. The number of rotatable bonds is 11. The zero-order valence-electron chi connectivity index (χ0n) is 21.0. The first-order valence-electron chi connectivity index (χ1n) is 12.5. The number of hydrogen-bond donors (Lipinski definition) is 0. The number of fused-ring (bicyclic) bond motifs is 2. The smallest absolute Gasteiger partial charge is 0.290 e. The van der Waals surface area contributed by atoms with Crippen molar-refractivity contribution in [2.45, 2.75) is 40.2 Å². The van der Waals surface area contributed by atoms with Crippen molar-refractivity contribution in [3.05, 3.63) is 69.6 Å². The van der Waals surface area contributed by atoms with Crippen molar-refractivity contribution < 1.29 is 18.7 Å². The van der Waals surface area contributed by atoms with E-state index in [9.17, 15) is 9.59 Å². The summed E-state index contributed by atoms with van der Waals surface area (Å²) in [6, 6.07) is 12.2. The average molecular weight is 479 g/mol. The van der Waals surface area contributed by atoms with Gasteiger partial charge in [-0.15, -0.1) is 0 Å². The number of hydrogen-bond acceptors (Lipinski definition) is 6. The molecular weight excluding hydrogens is 444 g/mol. The van der Waals surface area contributed by atoms with Crippen molar-refractivity contribution in [2.24, 2.45) is 0 Å². The SMILES string of the molecule is CCCOc1ccc(C2c3c(oc4ccccc4c3=O)C(=O)N2CCN(CC)CC)cc1OCC. The summed E-state index contributed by atoms with van der Waals surface area (Å²) < 4.78 is 17.8. The van der Waals surface area contributed by atoms with Crippen LogP contribution in [0.4, 0.5) is 0 Å². The molecule has 0 fully saturated rings. The zero-order chi connectivity index (χ0) is 24.9. The van der Waals surface area contributed by atoms with Crippen LogP contribution in [0.3, 0.4) is 0 Å². The molecule has 0 aliphatic carbocycles. The first kappa shape index (κ1) is 24.8. The van der Waals surface area contributed by atoms with Crippen LogP contribution in [0.15, 0.2) is 51.7 Å². The predicted octanol–water partition coefficient (Wildman–Crippen LogP) is 4.87. The first-order valence-corrected chi connectivity index (χ1v) is 12.5. The lowest BCUT2D eigenvalue weighted by Gasteiger charge is -2.28. The van der Waals surface area contributed by atoms with E-state index in [4.69, 9.17) is 13.9 Å². The molecule has 35 heavy (non-hydrogen) atoms. The van der Waals surface area contributed by atoms with Crippen LogP contribution in [-0.2, 0) is 0 Å². The number of benzene rings is 2. The van der Waals surface area contributed by atoms with Gasteiger partial charge >= 0.3 is 0 Å². The van der Waals surface area contributed by atoms with Crippen molar-refractivity contribution in [1.29, 1.82) is 0 Å². The Kier molecular flexibility index (Phi) is 7.76. The maximum absolute atomic E-state index is 13.7. The third-order valence-corrected chi connectivity index (χ3v) is 6.47. The molecule has 1 atom stereocenters. The molecule has 3 aromatic rings. The summed E-state index contributed by atoms with van der Waals surface area (Å²) in [6.07, 6.45) is 0.880. The average Bonchev–Trinajstić information content (AvgIpc) is 3.16. The fourth-order valence-electron chi connectivity index (χ4n) is 4.63. The molecular formula is C28H34N2O5. The Labute approximate surface area is 206 Å². The molecule has 7 nitrogen and oxygen atoms in total. The van der Waals surface area contributed by atoms with E-state index in [1.54, 1.807) is 23.1 Å². The first-order chi connectivity index (χ1) is 17.0. The Bertz CT molecular complexity index is 1250. The molecule has 186 valence electrons. The summed E-state index contributed by atoms with van der Waals surface area (Å²) >= 11 is 0. The number of para-hydroxylation sites is 1. The van der Waals surface area contributed by atoms with Gasteiger partial charge in [-0.1, -0.05) is 39.0 Å². The Balaban J connectivity index is 1.85. The summed E-state index contributed by atoms with van der Waals surface area (Å²) in [5, 5.41) is 0.475. The number of nitrogens with zero attached hydrogens (tertiary/aromatic N) is 2. The lowest BCUT2D eigenvalue weighted by Crippen LogP contribution is -2.37. The molecule has 1 amide bonds. The fourth-order valence-corrected chi connectivity index (χ4v) is 4.63. The number of ether oxygens (including phenoxy) is 2. The normalized spacial score (nSPS) is 15.2. The third kappa shape index (κ3) is 4.78. The molecule has 0 saturated heterocycles. The topological polar surface area (TPSA) is 72.2 Å². The second kappa shape index (κ2) is 11.0. The summed E-state index contributed by atoms with van der Waals surface area (Å²) in [5.41, 5.74) is 1.44. The van der Waals surface area contributed by atoms with Gasteiger partial charge in [-0.2, -0.15) is 0 Å². The van der Waals surface area contributed by atoms with Crippen molar-refractivity contribution in [3.63, 3.8) is 0 Å². The largest absolute Gasteiger partial charge is 0.490 e. The van der Waals surface area contributed by atoms with E-state index in [0.29, 0.717) is 54.3 Å². The summed E-state index contributed by atoms with van der Waals surface area (Å²) in [7, 11) is 0. The van der Waals surface area contributed by atoms with Gasteiger partial charge in [0.15, 0.2) is 16.9 Å². The minimum absolute atomic E-state index is 0.127. The highest BCUT2D eigenvalue weighted by molar-refractivity contribution is 5.99. The fraction of sp³-hybridized carbons (Fsp3) is 0.429. The Morgan fingerprint density at radius 2 is 1.74 bits per heavy atom. The van der Waals surface area contributed by atoms with Gasteiger partial charge in [0.05, 0.1) is 30.2 Å². The zero-order valence-corrected chi connectivity index (χ0v) is 21.0. The summed E-state index contributed by atoms with van der Waals surface area (Å²) in [6.45, 7) is 12.2.